The minimum atomic E-state index is 0.294. The third-order valence-electron chi connectivity index (χ3n) is 3.41. The van der Waals surface area contributed by atoms with Crippen LogP contribution in [-0.2, 0) is 6.42 Å². The Balaban J connectivity index is 2.92. The van der Waals surface area contributed by atoms with Gasteiger partial charge in [-0.15, -0.1) is 0 Å². The van der Waals surface area contributed by atoms with Crippen LogP contribution in [0.4, 0.5) is 0 Å². The van der Waals surface area contributed by atoms with Gasteiger partial charge < -0.3 is 4.74 Å². The third kappa shape index (κ3) is 2.39. The van der Waals surface area contributed by atoms with Crippen molar-refractivity contribution in [2.75, 3.05) is 7.11 Å². The minimum Gasteiger partial charge on any atom is -0.467 e. The Morgan fingerprint density at radius 1 is 1.32 bits per heavy atom. The Bertz CT molecular complexity index is 623. The third-order valence-corrected chi connectivity index (χ3v) is 3.80. The molecule has 19 heavy (non-hydrogen) atoms. The maximum absolute atomic E-state index is 6.34. The van der Waals surface area contributed by atoms with Gasteiger partial charge >= 0.3 is 6.01 Å². The molecule has 0 N–H and O–H groups in total. The molecule has 0 radical (unpaired) electrons. The van der Waals surface area contributed by atoms with Crippen LogP contribution in [0.25, 0.3) is 10.9 Å². The van der Waals surface area contributed by atoms with Crippen LogP contribution in [0.3, 0.4) is 0 Å². The van der Waals surface area contributed by atoms with Crippen LogP contribution in [0.5, 0.6) is 6.01 Å². The summed E-state index contributed by atoms with van der Waals surface area (Å²) >= 11 is 6.34. The molecule has 0 unspecified atom stereocenters. The molecular formula is C15H19ClN2O. The van der Waals surface area contributed by atoms with Crippen LogP contribution in [-0.4, -0.2) is 17.1 Å². The molecule has 0 saturated carbocycles. The Labute approximate surface area is 119 Å². The number of ether oxygens (including phenoxy) is 1. The lowest BCUT2D eigenvalue weighted by Crippen LogP contribution is -2.03. The van der Waals surface area contributed by atoms with Gasteiger partial charge in [0.05, 0.1) is 18.3 Å². The molecule has 1 aromatic carbocycles. The van der Waals surface area contributed by atoms with Crippen molar-refractivity contribution in [3.05, 3.63) is 27.9 Å². The molecule has 0 aliphatic carbocycles. The van der Waals surface area contributed by atoms with Gasteiger partial charge in [-0.25, -0.2) is 0 Å². The SMILES string of the molecule is CCc1c(C)c(Cl)cc2c(C(C)C)nc(OC)nc12. The highest BCUT2D eigenvalue weighted by atomic mass is 35.5. The van der Waals surface area contributed by atoms with E-state index in [0.29, 0.717) is 11.9 Å². The molecule has 0 aliphatic rings. The molecule has 2 aromatic rings. The predicted molar refractivity (Wildman–Crippen MR) is 79.3 cm³/mol. The average molecular weight is 279 g/mol. The fraction of sp³-hybridized carbons (Fsp3) is 0.467. The van der Waals surface area contributed by atoms with Crippen molar-refractivity contribution in [2.24, 2.45) is 0 Å². The number of methoxy groups -OCH3 is 1. The lowest BCUT2D eigenvalue weighted by Gasteiger charge is -2.15. The van der Waals surface area contributed by atoms with Gasteiger partial charge in [0.2, 0.25) is 0 Å². The monoisotopic (exact) mass is 278 g/mol. The highest BCUT2D eigenvalue weighted by Gasteiger charge is 2.16. The molecule has 1 heterocycles. The zero-order valence-corrected chi connectivity index (χ0v) is 12.8. The van der Waals surface area contributed by atoms with Crippen molar-refractivity contribution in [3.63, 3.8) is 0 Å². The highest BCUT2D eigenvalue weighted by Crippen LogP contribution is 2.33. The molecule has 0 bridgehead atoms. The number of hydrogen-bond donors (Lipinski definition) is 0. The van der Waals surface area contributed by atoms with Gasteiger partial charge in [0.15, 0.2) is 0 Å². The number of aryl methyl sites for hydroxylation is 1. The van der Waals surface area contributed by atoms with Crippen molar-refractivity contribution in [1.82, 2.24) is 9.97 Å². The van der Waals surface area contributed by atoms with E-state index in [2.05, 4.69) is 30.7 Å². The summed E-state index contributed by atoms with van der Waals surface area (Å²) in [7, 11) is 1.60. The molecule has 3 nitrogen and oxygen atoms in total. The van der Waals surface area contributed by atoms with Crippen molar-refractivity contribution < 1.29 is 4.74 Å². The first-order valence-electron chi connectivity index (χ1n) is 6.53. The van der Waals surface area contributed by atoms with E-state index in [1.807, 2.05) is 13.0 Å². The summed E-state index contributed by atoms with van der Waals surface area (Å²) < 4.78 is 5.23. The number of benzene rings is 1. The van der Waals surface area contributed by atoms with Crippen molar-refractivity contribution in [1.29, 1.82) is 0 Å². The molecule has 0 saturated heterocycles. The fourth-order valence-corrected chi connectivity index (χ4v) is 2.58. The largest absolute Gasteiger partial charge is 0.467 e. The summed E-state index contributed by atoms with van der Waals surface area (Å²) in [6.07, 6.45) is 0.889. The number of rotatable bonds is 3. The van der Waals surface area contributed by atoms with E-state index >= 15 is 0 Å². The molecule has 102 valence electrons. The second-order valence-electron chi connectivity index (χ2n) is 4.96. The smallest absolute Gasteiger partial charge is 0.316 e. The first kappa shape index (κ1) is 14.1. The molecule has 4 heteroatoms. The first-order valence-corrected chi connectivity index (χ1v) is 6.91. The average Bonchev–Trinajstić information content (AvgIpc) is 2.39. The van der Waals surface area contributed by atoms with Crippen LogP contribution < -0.4 is 4.74 Å². The maximum Gasteiger partial charge on any atom is 0.316 e. The summed E-state index contributed by atoms with van der Waals surface area (Å²) in [5.41, 5.74) is 4.20. The van der Waals surface area contributed by atoms with Crippen molar-refractivity contribution >= 4 is 22.5 Å². The van der Waals surface area contributed by atoms with E-state index in [1.165, 1.54) is 5.56 Å². The van der Waals surface area contributed by atoms with E-state index in [0.717, 1.165) is 33.6 Å². The minimum absolute atomic E-state index is 0.294. The zero-order chi connectivity index (χ0) is 14.2. The number of aromatic nitrogens is 2. The lowest BCUT2D eigenvalue weighted by atomic mass is 9.98. The summed E-state index contributed by atoms with van der Waals surface area (Å²) in [5.74, 6) is 0.294. The summed E-state index contributed by atoms with van der Waals surface area (Å²) in [5, 5.41) is 1.81. The Kier molecular flexibility index (Phi) is 3.95. The fourth-order valence-electron chi connectivity index (χ4n) is 2.36. The van der Waals surface area contributed by atoms with Gasteiger partial charge in [0.25, 0.3) is 0 Å². The lowest BCUT2D eigenvalue weighted by molar-refractivity contribution is 0.379. The molecule has 2 rings (SSSR count). The zero-order valence-electron chi connectivity index (χ0n) is 12.0. The number of halogens is 1. The molecule has 0 spiro atoms. The van der Waals surface area contributed by atoms with E-state index < -0.39 is 0 Å². The number of fused-ring (bicyclic) bond motifs is 1. The van der Waals surface area contributed by atoms with Crippen LogP contribution in [0.15, 0.2) is 6.07 Å². The van der Waals surface area contributed by atoms with Crippen molar-refractivity contribution in [2.45, 2.75) is 40.0 Å². The van der Waals surface area contributed by atoms with E-state index in [-0.39, 0.29) is 0 Å². The number of nitrogens with zero attached hydrogens (tertiary/aromatic N) is 2. The van der Waals surface area contributed by atoms with Gasteiger partial charge in [-0.3, -0.25) is 0 Å². The summed E-state index contributed by atoms with van der Waals surface area (Å²) in [6.45, 7) is 8.37. The molecule has 0 fully saturated rings. The Morgan fingerprint density at radius 2 is 2.00 bits per heavy atom. The Hall–Kier alpha value is -1.35. The van der Waals surface area contributed by atoms with Gasteiger partial charge in [-0.05, 0) is 36.5 Å². The van der Waals surface area contributed by atoms with E-state index in [1.54, 1.807) is 7.11 Å². The first-order chi connectivity index (χ1) is 8.99. The second-order valence-corrected chi connectivity index (χ2v) is 5.37. The quantitative estimate of drug-likeness (QED) is 0.840. The predicted octanol–water partition coefficient (Wildman–Crippen LogP) is 4.29. The highest BCUT2D eigenvalue weighted by molar-refractivity contribution is 6.32. The van der Waals surface area contributed by atoms with Crippen LogP contribution in [0, 0.1) is 6.92 Å². The van der Waals surface area contributed by atoms with Gasteiger partial charge in [-0.1, -0.05) is 32.4 Å². The van der Waals surface area contributed by atoms with Crippen LogP contribution >= 0.6 is 11.6 Å². The van der Waals surface area contributed by atoms with E-state index in [4.69, 9.17) is 16.3 Å². The summed E-state index contributed by atoms with van der Waals surface area (Å²) in [4.78, 5) is 8.99. The second kappa shape index (κ2) is 5.33. The molecular weight excluding hydrogens is 260 g/mol. The molecule has 0 atom stereocenters. The molecule has 0 amide bonds. The van der Waals surface area contributed by atoms with Gasteiger partial charge in [-0.2, -0.15) is 9.97 Å². The van der Waals surface area contributed by atoms with Crippen molar-refractivity contribution in [3.8, 4) is 6.01 Å². The molecule has 0 aliphatic heterocycles. The van der Waals surface area contributed by atoms with E-state index in [9.17, 15) is 0 Å². The topological polar surface area (TPSA) is 35.0 Å². The standard InChI is InChI=1S/C15H19ClN2O/c1-6-10-9(4)12(16)7-11-13(8(2)3)17-15(19-5)18-14(10)11/h7-8H,6H2,1-5H3. The van der Waals surface area contributed by atoms with Gasteiger partial charge in [0.1, 0.15) is 0 Å². The normalized spacial score (nSPS) is 11.3. The van der Waals surface area contributed by atoms with Crippen LogP contribution in [0.1, 0.15) is 43.5 Å². The Morgan fingerprint density at radius 3 is 2.53 bits per heavy atom. The van der Waals surface area contributed by atoms with Crippen LogP contribution in [0.2, 0.25) is 5.02 Å². The molecule has 1 aromatic heterocycles. The number of hydrogen-bond acceptors (Lipinski definition) is 3. The maximum atomic E-state index is 6.34. The van der Waals surface area contributed by atoms with Gasteiger partial charge in [0, 0.05) is 10.4 Å². The summed E-state index contributed by atoms with van der Waals surface area (Å²) in [6, 6.07) is 2.40.